The maximum atomic E-state index is 5.39. The molecule has 0 bridgehead atoms. The van der Waals surface area contributed by atoms with Crippen molar-refractivity contribution in [1.29, 1.82) is 0 Å². The predicted octanol–water partition coefficient (Wildman–Crippen LogP) is 4.99. The number of hydrogen-bond donors (Lipinski definition) is 0. The minimum Gasteiger partial charge on any atom is -0.493 e. The number of hydrogen-bond acceptors (Lipinski definition) is 3. The molecule has 0 aromatic heterocycles. The molecule has 0 saturated carbocycles. The summed E-state index contributed by atoms with van der Waals surface area (Å²) in [5.41, 5.74) is 5.68. The number of aryl methyl sites for hydroxylation is 1. The molecule has 0 atom stereocenters. The molecule has 0 fully saturated rings. The summed E-state index contributed by atoms with van der Waals surface area (Å²) in [6, 6.07) is 12.8. The van der Waals surface area contributed by atoms with E-state index in [1.807, 2.05) is 6.07 Å². The van der Waals surface area contributed by atoms with E-state index < -0.39 is 0 Å². The molecule has 0 radical (unpaired) electrons. The number of methoxy groups -OCH3 is 2. The van der Waals surface area contributed by atoms with Crippen LogP contribution in [0.15, 0.2) is 36.4 Å². The maximum Gasteiger partial charge on any atom is 0.161 e. The molecular formula is C22H31NO2. The van der Waals surface area contributed by atoms with Crippen LogP contribution in [0.4, 0.5) is 0 Å². The van der Waals surface area contributed by atoms with Crippen LogP contribution < -0.4 is 9.47 Å². The van der Waals surface area contributed by atoms with Crippen molar-refractivity contribution in [2.24, 2.45) is 0 Å². The van der Waals surface area contributed by atoms with Crippen molar-refractivity contribution in [2.75, 3.05) is 20.8 Å². The Bertz CT molecular complexity index is 682. The van der Waals surface area contributed by atoms with Crippen molar-refractivity contribution >= 4 is 0 Å². The van der Waals surface area contributed by atoms with Crippen molar-refractivity contribution in [3.8, 4) is 11.5 Å². The lowest BCUT2D eigenvalue weighted by Crippen LogP contribution is -2.30. The molecule has 0 amide bonds. The third kappa shape index (κ3) is 4.99. The first kappa shape index (κ1) is 19.3. The molecule has 1 aliphatic rings. The summed E-state index contributed by atoms with van der Waals surface area (Å²) >= 11 is 0. The first-order valence-electron chi connectivity index (χ1n) is 9.13. The van der Waals surface area contributed by atoms with E-state index in [4.69, 9.17) is 9.47 Å². The fourth-order valence-electron chi connectivity index (χ4n) is 3.23. The Morgan fingerprint density at radius 1 is 1.00 bits per heavy atom. The second kappa shape index (κ2) is 9.47. The van der Waals surface area contributed by atoms with Crippen LogP contribution in [0.3, 0.4) is 0 Å². The van der Waals surface area contributed by atoms with E-state index in [2.05, 4.69) is 56.0 Å². The Morgan fingerprint density at radius 2 is 1.72 bits per heavy atom. The summed E-state index contributed by atoms with van der Waals surface area (Å²) in [7, 11) is 3.35. The number of rotatable bonds is 4. The third-order valence-electron chi connectivity index (χ3n) is 4.43. The summed E-state index contributed by atoms with van der Waals surface area (Å²) in [5.74, 6) is 1.58. The van der Waals surface area contributed by atoms with Crippen LogP contribution in [0, 0.1) is 6.92 Å². The highest BCUT2D eigenvalue weighted by Gasteiger charge is 2.18. The summed E-state index contributed by atoms with van der Waals surface area (Å²) in [6.45, 7) is 9.52. The fraction of sp³-hybridized carbons (Fsp3) is 0.455. The first-order chi connectivity index (χ1) is 12.1. The van der Waals surface area contributed by atoms with Gasteiger partial charge in [0.1, 0.15) is 0 Å². The molecule has 3 heteroatoms. The molecule has 3 rings (SSSR count). The molecule has 2 aromatic carbocycles. The molecule has 0 spiro atoms. The van der Waals surface area contributed by atoms with Crippen LogP contribution in [0.2, 0.25) is 0 Å². The lowest BCUT2D eigenvalue weighted by Gasteiger charge is -2.29. The molecule has 2 aromatic rings. The summed E-state index contributed by atoms with van der Waals surface area (Å²) in [4.78, 5) is 2.49. The Hall–Kier alpha value is -2.00. The van der Waals surface area contributed by atoms with Gasteiger partial charge in [0.2, 0.25) is 0 Å². The molecular weight excluding hydrogens is 310 g/mol. The quantitative estimate of drug-likeness (QED) is 0.782. The Kier molecular flexibility index (Phi) is 7.32. The largest absolute Gasteiger partial charge is 0.493 e. The van der Waals surface area contributed by atoms with Crippen LogP contribution >= 0.6 is 0 Å². The Morgan fingerprint density at radius 3 is 2.40 bits per heavy atom. The van der Waals surface area contributed by atoms with E-state index in [1.54, 1.807) is 14.2 Å². The van der Waals surface area contributed by atoms with Crippen molar-refractivity contribution in [2.45, 2.75) is 46.7 Å². The minimum absolute atomic E-state index is 0.783. The standard InChI is InChI=1S/C19H23NO2.C3H8/c1-14-5-4-6-16-13-20(10-9-17(14)16)12-15-7-8-18(21-2)19(11-15)22-3;1-3-2/h4-8,11H,9-10,12-13H2,1-3H3;3H2,1-2H3. The maximum absolute atomic E-state index is 5.39. The number of benzene rings is 2. The van der Waals surface area contributed by atoms with Gasteiger partial charge >= 0.3 is 0 Å². The zero-order chi connectivity index (χ0) is 18.2. The third-order valence-corrected chi connectivity index (χ3v) is 4.43. The van der Waals surface area contributed by atoms with Crippen LogP contribution in [0.1, 0.15) is 42.5 Å². The highest BCUT2D eigenvalue weighted by atomic mass is 16.5. The van der Waals surface area contributed by atoms with Gasteiger partial charge in [-0.3, -0.25) is 4.90 Å². The number of fused-ring (bicyclic) bond motifs is 1. The molecule has 0 unspecified atom stereocenters. The molecule has 0 N–H and O–H groups in total. The number of nitrogens with zero attached hydrogens (tertiary/aromatic N) is 1. The van der Waals surface area contributed by atoms with Crippen LogP contribution in [-0.2, 0) is 19.5 Å². The SMILES string of the molecule is CCC.COc1ccc(CN2CCc3c(C)cccc3C2)cc1OC. The Balaban J connectivity index is 0.000000701. The van der Waals surface area contributed by atoms with Gasteiger partial charge < -0.3 is 9.47 Å². The second-order valence-corrected chi connectivity index (χ2v) is 6.57. The molecule has 0 aliphatic carbocycles. The average Bonchev–Trinajstić information content (AvgIpc) is 2.62. The van der Waals surface area contributed by atoms with Crippen LogP contribution in [0.25, 0.3) is 0 Å². The zero-order valence-corrected chi connectivity index (χ0v) is 16.3. The van der Waals surface area contributed by atoms with E-state index in [9.17, 15) is 0 Å². The predicted molar refractivity (Wildman–Crippen MR) is 105 cm³/mol. The molecule has 0 saturated heterocycles. The highest BCUT2D eigenvalue weighted by Crippen LogP contribution is 2.29. The lowest BCUT2D eigenvalue weighted by atomic mass is 9.95. The van der Waals surface area contributed by atoms with Gasteiger partial charge in [0, 0.05) is 19.6 Å². The van der Waals surface area contributed by atoms with Gasteiger partial charge in [-0.05, 0) is 47.7 Å². The molecule has 25 heavy (non-hydrogen) atoms. The average molecular weight is 341 g/mol. The highest BCUT2D eigenvalue weighted by molar-refractivity contribution is 5.43. The number of ether oxygens (including phenoxy) is 2. The summed E-state index contributed by atoms with van der Waals surface area (Å²) in [5, 5.41) is 0. The molecule has 136 valence electrons. The van der Waals surface area contributed by atoms with Crippen LogP contribution in [0.5, 0.6) is 11.5 Å². The van der Waals surface area contributed by atoms with Gasteiger partial charge in [-0.15, -0.1) is 0 Å². The summed E-state index contributed by atoms with van der Waals surface area (Å²) in [6.07, 6.45) is 2.38. The molecule has 3 nitrogen and oxygen atoms in total. The Labute approximate surface area is 152 Å². The fourth-order valence-corrected chi connectivity index (χ4v) is 3.23. The smallest absolute Gasteiger partial charge is 0.161 e. The van der Waals surface area contributed by atoms with E-state index >= 15 is 0 Å². The van der Waals surface area contributed by atoms with Gasteiger partial charge in [0.05, 0.1) is 14.2 Å². The normalized spacial score (nSPS) is 13.5. The molecule has 1 heterocycles. The van der Waals surface area contributed by atoms with E-state index in [1.165, 1.54) is 28.7 Å². The van der Waals surface area contributed by atoms with Gasteiger partial charge in [0.15, 0.2) is 11.5 Å². The second-order valence-electron chi connectivity index (χ2n) is 6.57. The monoisotopic (exact) mass is 341 g/mol. The van der Waals surface area contributed by atoms with Crippen molar-refractivity contribution in [1.82, 2.24) is 4.90 Å². The van der Waals surface area contributed by atoms with E-state index in [0.29, 0.717) is 0 Å². The van der Waals surface area contributed by atoms with E-state index in [-0.39, 0.29) is 0 Å². The van der Waals surface area contributed by atoms with Gasteiger partial charge in [-0.1, -0.05) is 44.5 Å². The van der Waals surface area contributed by atoms with Crippen molar-refractivity contribution in [3.05, 3.63) is 58.7 Å². The van der Waals surface area contributed by atoms with Gasteiger partial charge in [0.25, 0.3) is 0 Å². The summed E-state index contributed by atoms with van der Waals surface area (Å²) < 4.78 is 10.7. The minimum atomic E-state index is 0.783. The van der Waals surface area contributed by atoms with Crippen molar-refractivity contribution in [3.63, 3.8) is 0 Å². The lowest BCUT2D eigenvalue weighted by molar-refractivity contribution is 0.244. The van der Waals surface area contributed by atoms with Crippen LogP contribution in [-0.4, -0.2) is 25.7 Å². The molecule has 1 aliphatic heterocycles. The van der Waals surface area contributed by atoms with Crippen molar-refractivity contribution < 1.29 is 9.47 Å². The van der Waals surface area contributed by atoms with E-state index in [0.717, 1.165) is 37.6 Å². The topological polar surface area (TPSA) is 21.7 Å². The zero-order valence-electron chi connectivity index (χ0n) is 16.3. The van der Waals surface area contributed by atoms with Gasteiger partial charge in [-0.2, -0.15) is 0 Å². The van der Waals surface area contributed by atoms with Gasteiger partial charge in [-0.25, -0.2) is 0 Å². The first-order valence-corrected chi connectivity index (χ1v) is 9.13.